The maximum Gasteiger partial charge on any atom is 0.234 e. The summed E-state index contributed by atoms with van der Waals surface area (Å²) >= 11 is 1.44. The molecule has 0 aliphatic rings. The number of nitrogens with two attached hydrogens (primary N) is 1. The van der Waals surface area contributed by atoms with E-state index in [9.17, 15) is 9.59 Å². The van der Waals surface area contributed by atoms with Crippen molar-refractivity contribution < 1.29 is 14.3 Å². The van der Waals surface area contributed by atoms with Crippen molar-refractivity contribution in [3.63, 3.8) is 0 Å². The number of carbonyl (C=O) groups excluding carboxylic acids is 2. The maximum absolute atomic E-state index is 12.1. The Labute approximate surface area is 145 Å². The summed E-state index contributed by atoms with van der Waals surface area (Å²) in [6.45, 7) is 2.56. The Morgan fingerprint density at radius 3 is 2.50 bits per heavy atom. The monoisotopic (exact) mass is 344 g/mol. The molecule has 2 aromatic rings. The number of rotatable bonds is 8. The number of thioether (sulfide) groups is 1. The van der Waals surface area contributed by atoms with Crippen LogP contribution in [0.25, 0.3) is 0 Å². The lowest BCUT2D eigenvalue weighted by Gasteiger charge is -2.10. The van der Waals surface area contributed by atoms with E-state index in [1.807, 2.05) is 37.3 Å². The Morgan fingerprint density at radius 1 is 1.12 bits per heavy atom. The lowest BCUT2D eigenvalue weighted by Crippen LogP contribution is -2.18. The molecule has 0 fully saturated rings. The maximum atomic E-state index is 12.1. The van der Waals surface area contributed by atoms with E-state index in [0.29, 0.717) is 17.9 Å². The summed E-state index contributed by atoms with van der Waals surface area (Å²) in [5.41, 5.74) is 6.56. The second-order valence-electron chi connectivity index (χ2n) is 5.04. The van der Waals surface area contributed by atoms with E-state index in [1.165, 1.54) is 11.8 Å². The van der Waals surface area contributed by atoms with Gasteiger partial charge in [0.05, 0.1) is 18.8 Å². The van der Waals surface area contributed by atoms with E-state index < -0.39 is 5.91 Å². The van der Waals surface area contributed by atoms with Gasteiger partial charge in [0.2, 0.25) is 11.8 Å². The molecule has 0 heterocycles. The summed E-state index contributed by atoms with van der Waals surface area (Å²) in [5.74, 6) is 0.525. The van der Waals surface area contributed by atoms with E-state index in [4.69, 9.17) is 10.5 Å². The van der Waals surface area contributed by atoms with Gasteiger partial charge < -0.3 is 15.8 Å². The number of amides is 2. The first-order chi connectivity index (χ1) is 11.6. The highest BCUT2D eigenvalue weighted by molar-refractivity contribution is 8.00. The summed E-state index contributed by atoms with van der Waals surface area (Å²) in [7, 11) is 0. The van der Waals surface area contributed by atoms with Crippen LogP contribution < -0.4 is 15.8 Å². The molecular weight excluding hydrogens is 324 g/mol. The Morgan fingerprint density at radius 2 is 1.83 bits per heavy atom. The van der Waals surface area contributed by atoms with Crippen LogP contribution in [0.3, 0.4) is 0 Å². The predicted molar refractivity (Wildman–Crippen MR) is 96.3 cm³/mol. The third kappa shape index (κ3) is 5.62. The molecule has 0 aliphatic carbocycles. The summed E-state index contributed by atoms with van der Waals surface area (Å²) in [5, 5.41) is 2.83. The highest BCUT2D eigenvalue weighted by atomic mass is 32.2. The molecule has 0 saturated carbocycles. The second-order valence-corrected chi connectivity index (χ2v) is 6.09. The van der Waals surface area contributed by atoms with Crippen LogP contribution >= 0.6 is 11.8 Å². The summed E-state index contributed by atoms with van der Waals surface area (Å²) in [6.07, 6.45) is 0.0997. The minimum atomic E-state index is -0.430. The van der Waals surface area contributed by atoms with Gasteiger partial charge in [-0.15, -0.1) is 11.8 Å². The van der Waals surface area contributed by atoms with Crippen LogP contribution in [0.2, 0.25) is 0 Å². The van der Waals surface area contributed by atoms with Gasteiger partial charge in [-0.1, -0.05) is 18.2 Å². The lowest BCUT2D eigenvalue weighted by molar-refractivity contribution is -0.117. The van der Waals surface area contributed by atoms with Crippen LogP contribution in [-0.2, 0) is 16.0 Å². The van der Waals surface area contributed by atoms with Crippen molar-refractivity contribution >= 4 is 29.3 Å². The molecule has 126 valence electrons. The number of benzene rings is 2. The van der Waals surface area contributed by atoms with Gasteiger partial charge >= 0.3 is 0 Å². The van der Waals surface area contributed by atoms with Crippen molar-refractivity contribution in [2.45, 2.75) is 18.2 Å². The van der Waals surface area contributed by atoms with Gasteiger partial charge in [-0.05, 0) is 42.8 Å². The number of hydrogen-bond donors (Lipinski definition) is 2. The molecule has 2 amide bonds. The fourth-order valence-electron chi connectivity index (χ4n) is 2.12. The molecule has 6 heteroatoms. The number of primary amides is 1. The van der Waals surface area contributed by atoms with Crippen LogP contribution in [0, 0.1) is 0 Å². The molecule has 0 unspecified atom stereocenters. The van der Waals surface area contributed by atoms with Gasteiger partial charge in [-0.25, -0.2) is 0 Å². The molecule has 0 saturated heterocycles. The van der Waals surface area contributed by atoms with Crippen molar-refractivity contribution in [3.8, 4) is 5.75 Å². The van der Waals surface area contributed by atoms with E-state index in [-0.39, 0.29) is 18.1 Å². The molecule has 2 rings (SSSR count). The van der Waals surface area contributed by atoms with E-state index in [0.717, 1.165) is 10.6 Å². The van der Waals surface area contributed by atoms with Crippen molar-refractivity contribution in [2.75, 3.05) is 17.7 Å². The zero-order valence-corrected chi connectivity index (χ0v) is 14.3. The minimum absolute atomic E-state index is 0.0997. The molecule has 5 nitrogen and oxygen atoms in total. The van der Waals surface area contributed by atoms with Crippen molar-refractivity contribution in [1.29, 1.82) is 0 Å². The number of hydrogen-bond acceptors (Lipinski definition) is 4. The molecule has 0 bridgehead atoms. The zero-order chi connectivity index (χ0) is 17.4. The van der Waals surface area contributed by atoms with Crippen LogP contribution in [-0.4, -0.2) is 24.2 Å². The first-order valence-corrected chi connectivity index (χ1v) is 8.58. The Kier molecular flexibility index (Phi) is 6.69. The first kappa shape index (κ1) is 17.9. The van der Waals surface area contributed by atoms with E-state index >= 15 is 0 Å². The van der Waals surface area contributed by atoms with Gasteiger partial charge in [0, 0.05) is 10.6 Å². The zero-order valence-electron chi connectivity index (χ0n) is 13.5. The molecule has 0 radical (unpaired) electrons. The van der Waals surface area contributed by atoms with Gasteiger partial charge in [-0.2, -0.15) is 0 Å². The molecule has 0 spiro atoms. The molecule has 3 N–H and O–H groups in total. The molecular formula is C18H20N2O3S. The summed E-state index contributed by atoms with van der Waals surface area (Å²) in [4.78, 5) is 24.2. The van der Waals surface area contributed by atoms with Crippen LogP contribution in [0.1, 0.15) is 12.5 Å². The van der Waals surface area contributed by atoms with Crippen molar-refractivity contribution in [3.05, 3.63) is 54.1 Å². The normalized spacial score (nSPS) is 10.2. The number of para-hydroxylation sites is 1. The fraction of sp³-hybridized carbons (Fsp3) is 0.222. The van der Waals surface area contributed by atoms with E-state index in [1.54, 1.807) is 18.2 Å². The Hall–Kier alpha value is -2.47. The quantitative estimate of drug-likeness (QED) is 0.722. The van der Waals surface area contributed by atoms with E-state index in [2.05, 4.69) is 5.32 Å². The molecule has 2 aromatic carbocycles. The molecule has 0 aliphatic heterocycles. The predicted octanol–water partition coefficient (Wildman–Crippen LogP) is 2.84. The summed E-state index contributed by atoms with van der Waals surface area (Å²) < 4.78 is 5.38. The third-order valence-corrected chi connectivity index (χ3v) is 4.17. The summed E-state index contributed by atoms with van der Waals surface area (Å²) in [6, 6.07) is 14.8. The number of anilines is 1. The third-order valence-electron chi connectivity index (χ3n) is 3.16. The molecule has 0 atom stereocenters. The highest BCUT2D eigenvalue weighted by Crippen LogP contribution is 2.22. The highest BCUT2D eigenvalue weighted by Gasteiger charge is 2.09. The Bertz CT molecular complexity index is 702. The lowest BCUT2D eigenvalue weighted by atomic mass is 10.1. The largest absolute Gasteiger partial charge is 0.494 e. The van der Waals surface area contributed by atoms with Crippen LogP contribution in [0.5, 0.6) is 5.75 Å². The fourth-order valence-corrected chi connectivity index (χ4v) is 2.82. The van der Waals surface area contributed by atoms with Gasteiger partial charge in [0.15, 0.2) is 0 Å². The smallest absolute Gasteiger partial charge is 0.234 e. The number of carbonyl (C=O) groups is 2. The van der Waals surface area contributed by atoms with Crippen molar-refractivity contribution in [1.82, 2.24) is 0 Å². The standard InChI is InChI=1S/C18H20N2O3S/c1-2-23-14-7-9-15(10-8-14)24-12-18(22)20-16-6-4-3-5-13(16)11-17(19)21/h3-10H,2,11-12H2,1H3,(H2,19,21)(H,20,22). The van der Waals surface area contributed by atoms with Gasteiger partial charge in [0.25, 0.3) is 0 Å². The molecule has 0 aromatic heterocycles. The topological polar surface area (TPSA) is 81.4 Å². The van der Waals surface area contributed by atoms with Crippen LogP contribution in [0.4, 0.5) is 5.69 Å². The number of ether oxygens (including phenoxy) is 1. The average molecular weight is 344 g/mol. The molecule has 24 heavy (non-hydrogen) atoms. The first-order valence-electron chi connectivity index (χ1n) is 7.60. The van der Waals surface area contributed by atoms with Crippen molar-refractivity contribution in [2.24, 2.45) is 5.73 Å². The van der Waals surface area contributed by atoms with Crippen LogP contribution in [0.15, 0.2) is 53.4 Å². The average Bonchev–Trinajstić information content (AvgIpc) is 2.56. The number of nitrogens with one attached hydrogen (secondary N) is 1. The van der Waals surface area contributed by atoms with Gasteiger partial charge in [0.1, 0.15) is 5.75 Å². The minimum Gasteiger partial charge on any atom is -0.494 e. The van der Waals surface area contributed by atoms with Gasteiger partial charge in [-0.3, -0.25) is 9.59 Å². The second kappa shape index (κ2) is 8.98. The Balaban J connectivity index is 1.90. The SMILES string of the molecule is CCOc1ccc(SCC(=O)Nc2ccccc2CC(N)=O)cc1.